The van der Waals surface area contributed by atoms with Crippen molar-refractivity contribution < 1.29 is 9.53 Å². The zero-order valence-electron chi connectivity index (χ0n) is 11.3. The van der Waals surface area contributed by atoms with Gasteiger partial charge in [-0.3, -0.25) is 4.79 Å². The van der Waals surface area contributed by atoms with Crippen LogP contribution in [-0.4, -0.2) is 24.3 Å². The number of methoxy groups -OCH3 is 1. The quantitative estimate of drug-likeness (QED) is 0.812. The molecule has 0 unspecified atom stereocenters. The van der Waals surface area contributed by atoms with Crippen LogP contribution in [-0.2, 0) is 4.79 Å². The molecule has 0 fully saturated rings. The summed E-state index contributed by atoms with van der Waals surface area (Å²) in [5, 5.41) is 11.3. The zero-order chi connectivity index (χ0) is 14.3. The molecular formula is C14H18N2O2S. The van der Waals surface area contributed by atoms with Crippen LogP contribution in [0.15, 0.2) is 29.2 Å². The van der Waals surface area contributed by atoms with Gasteiger partial charge in [-0.2, -0.15) is 5.26 Å². The number of ether oxygens (including phenoxy) is 1. The molecule has 102 valence electrons. The first-order chi connectivity index (χ1) is 9.10. The number of rotatable bonds is 6. The molecule has 1 N–H and O–H groups in total. The highest BCUT2D eigenvalue weighted by atomic mass is 32.2. The van der Waals surface area contributed by atoms with Crippen LogP contribution in [0.5, 0.6) is 5.75 Å². The summed E-state index contributed by atoms with van der Waals surface area (Å²) < 4.78 is 5.08. The van der Waals surface area contributed by atoms with Gasteiger partial charge in [0.15, 0.2) is 0 Å². The molecular weight excluding hydrogens is 260 g/mol. The van der Waals surface area contributed by atoms with Crippen molar-refractivity contribution >= 4 is 17.7 Å². The van der Waals surface area contributed by atoms with Crippen LogP contribution in [0.2, 0.25) is 0 Å². The van der Waals surface area contributed by atoms with Gasteiger partial charge >= 0.3 is 0 Å². The van der Waals surface area contributed by atoms with Gasteiger partial charge in [0.05, 0.1) is 18.4 Å². The molecule has 19 heavy (non-hydrogen) atoms. The van der Waals surface area contributed by atoms with Crippen molar-refractivity contribution in [3.8, 4) is 11.8 Å². The molecule has 0 saturated heterocycles. The Labute approximate surface area is 118 Å². The van der Waals surface area contributed by atoms with Crippen molar-refractivity contribution in [3.63, 3.8) is 0 Å². The van der Waals surface area contributed by atoms with Crippen molar-refractivity contribution in [2.45, 2.75) is 36.5 Å². The van der Waals surface area contributed by atoms with Crippen molar-refractivity contribution in [1.29, 1.82) is 5.26 Å². The number of benzene rings is 1. The highest BCUT2D eigenvalue weighted by Gasteiger charge is 2.17. The summed E-state index contributed by atoms with van der Waals surface area (Å²) in [5.41, 5.74) is 0. The highest BCUT2D eigenvalue weighted by molar-refractivity contribution is 8.00. The van der Waals surface area contributed by atoms with Crippen LogP contribution >= 0.6 is 11.8 Å². The summed E-state index contributed by atoms with van der Waals surface area (Å²) in [7, 11) is 1.62. The number of nitrogens with zero attached hydrogens (tertiary/aromatic N) is 1. The highest BCUT2D eigenvalue weighted by Crippen LogP contribution is 2.25. The minimum atomic E-state index is -0.411. The van der Waals surface area contributed by atoms with E-state index in [1.165, 1.54) is 11.8 Å². The van der Waals surface area contributed by atoms with Crippen LogP contribution in [0.4, 0.5) is 0 Å². The normalized spacial score (nSPS) is 13.2. The minimum absolute atomic E-state index is 0.116. The summed E-state index contributed by atoms with van der Waals surface area (Å²) in [5.74, 6) is 0.672. The Bertz CT molecular complexity index is 454. The van der Waals surface area contributed by atoms with Crippen molar-refractivity contribution in [2.24, 2.45) is 0 Å². The largest absolute Gasteiger partial charge is 0.497 e. The molecule has 1 amide bonds. The minimum Gasteiger partial charge on any atom is -0.497 e. The fourth-order valence-corrected chi connectivity index (χ4v) is 2.30. The Morgan fingerprint density at radius 1 is 1.47 bits per heavy atom. The lowest BCUT2D eigenvalue weighted by Gasteiger charge is -2.14. The Hall–Kier alpha value is -1.67. The average Bonchev–Trinajstić information content (AvgIpc) is 2.45. The Balaban J connectivity index is 2.56. The molecule has 1 aromatic carbocycles. The summed E-state index contributed by atoms with van der Waals surface area (Å²) in [4.78, 5) is 12.9. The standard InChI is InChI=1S/C14H18N2O2S/c1-4-11(9-15)16-14(17)10(2)19-13-7-5-12(18-3)6-8-13/h5-8,10-11H,4H2,1-3H3,(H,16,17)/t10-,11+/m1/s1. The molecule has 0 aliphatic heterocycles. The lowest BCUT2D eigenvalue weighted by atomic mass is 10.2. The third kappa shape index (κ3) is 4.84. The van der Waals surface area contributed by atoms with E-state index >= 15 is 0 Å². The summed E-state index contributed by atoms with van der Waals surface area (Å²) >= 11 is 1.46. The molecule has 0 aromatic heterocycles. The number of carbonyl (C=O) groups excluding carboxylic acids is 1. The van der Waals surface area contributed by atoms with Crippen molar-refractivity contribution in [3.05, 3.63) is 24.3 Å². The smallest absolute Gasteiger partial charge is 0.234 e. The number of nitriles is 1. The molecule has 0 heterocycles. The van der Waals surface area contributed by atoms with E-state index in [0.29, 0.717) is 6.42 Å². The van der Waals surface area contributed by atoms with E-state index in [0.717, 1.165) is 10.6 Å². The molecule has 0 spiro atoms. The fraction of sp³-hybridized carbons (Fsp3) is 0.429. The number of hydrogen-bond donors (Lipinski definition) is 1. The molecule has 0 aliphatic rings. The number of nitrogens with one attached hydrogen (secondary N) is 1. The van der Waals surface area contributed by atoms with Crippen molar-refractivity contribution in [1.82, 2.24) is 5.32 Å². The summed E-state index contributed by atoms with van der Waals surface area (Å²) in [6, 6.07) is 9.19. The Morgan fingerprint density at radius 3 is 2.58 bits per heavy atom. The molecule has 0 saturated carbocycles. The first kappa shape index (κ1) is 15.4. The number of carbonyl (C=O) groups is 1. The van der Waals surface area contributed by atoms with Crippen molar-refractivity contribution in [2.75, 3.05) is 7.11 Å². The summed E-state index contributed by atoms with van der Waals surface area (Å²) in [6.07, 6.45) is 0.613. The molecule has 0 bridgehead atoms. The number of amides is 1. The Kier molecular flexibility index (Phi) is 6.23. The van der Waals surface area contributed by atoms with Gasteiger partial charge in [0.1, 0.15) is 11.8 Å². The predicted molar refractivity (Wildman–Crippen MR) is 76.1 cm³/mol. The average molecular weight is 278 g/mol. The third-order valence-electron chi connectivity index (χ3n) is 2.62. The summed E-state index contributed by atoms with van der Waals surface area (Å²) in [6.45, 7) is 3.70. The second-order valence-corrected chi connectivity index (χ2v) is 5.45. The number of hydrogen-bond acceptors (Lipinski definition) is 4. The van der Waals surface area contributed by atoms with Gasteiger partial charge in [-0.15, -0.1) is 11.8 Å². The van der Waals surface area contributed by atoms with Gasteiger partial charge in [0, 0.05) is 4.90 Å². The maximum atomic E-state index is 11.9. The second kappa shape index (κ2) is 7.70. The van der Waals surface area contributed by atoms with Crippen LogP contribution in [0.25, 0.3) is 0 Å². The third-order valence-corrected chi connectivity index (χ3v) is 3.73. The van der Waals surface area contributed by atoms with E-state index in [2.05, 4.69) is 11.4 Å². The van der Waals surface area contributed by atoms with Crippen LogP contribution < -0.4 is 10.1 Å². The molecule has 1 rings (SSSR count). The van der Waals surface area contributed by atoms with Gasteiger partial charge in [-0.1, -0.05) is 6.92 Å². The maximum absolute atomic E-state index is 11.9. The maximum Gasteiger partial charge on any atom is 0.234 e. The fourth-order valence-electron chi connectivity index (χ4n) is 1.43. The van der Waals surface area contributed by atoms with Gasteiger partial charge < -0.3 is 10.1 Å². The van der Waals surface area contributed by atoms with E-state index < -0.39 is 6.04 Å². The van der Waals surface area contributed by atoms with Crippen LogP contribution in [0, 0.1) is 11.3 Å². The van der Waals surface area contributed by atoms with E-state index in [1.807, 2.05) is 38.1 Å². The lowest BCUT2D eigenvalue weighted by Crippen LogP contribution is -2.38. The van der Waals surface area contributed by atoms with Crippen LogP contribution in [0.3, 0.4) is 0 Å². The van der Waals surface area contributed by atoms with E-state index in [4.69, 9.17) is 10.00 Å². The number of thioether (sulfide) groups is 1. The molecule has 1 aromatic rings. The molecule has 0 aliphatic carbocycles. The first-order valence-corrected chi connectivity index (χ1v) is 6.99. The van der Waals surface area contributed by atoms with Gasteiger partial charge in [0.2, 0.25) is 5.91 Å². The van der Waals surface area contributed by atoms with E-state index in [-0.39, 0.29) is 11.2 Å². The molecule has 4 nitrogen and oxygen atoms in total. The zero-order valence-corrected chi connectivity index (χ0v) is 12.2. The second-order valence-electron chi connectivity index (χ2n) is 4.03. The van der Waals surface area contributed by atoms with Gasteiger partial charge in [-0.05, 0) is 37.6 Å². The molecule has 5 heteroatoms. The predicted octanol–water partition coefficient (Wildman–Crippen LogP) is 2.59. The van der Waals surface area contributed by atoms with Crippen LogP contribution in [0.1, 0.15) is 20.3 Å². The molecule has 2 atom stereocenters. The van der Waals surface area contributed by atoms with E-state index in [9.17, 15) is 4.79 Å². The first-order valence-electron chi connectivity index (χ1n) is 6.11. The Morgan fingerprint density at radius 2 is 2.11 bits per heavy atom. The van der Waals surface area contributed by atoms with E-state index in [1.54, 1.807) is 7.11 Å². The topological polar surface area (TPSA) is 62.1 Å². The lowest BCUT2D eigenvalue weighted by molar-refractivity contribution is -0.120. The molecule has 0 radical (unpaired) electrons. The van der Waals surface area contributed by atoms with Gasteiger partial charge in [-0.25, -0.2) is 0 Å². The van der Waals surface area contributed by atoms with Gasteiger partial charge in [0.25, 0.3) is 0 Å². The monoisotopic (exact) mass is 278 g/mol. The SMILES string of the molecule is CC[C@@H](C#N)NC(=O)[C@@H](C)Sc1ccc(OC)cc1.